The molecule has 0 aromatic heterocycles. The fourth-order valence-electron chi connectivity index (χ4n) is 3.22. The Balaban J connectivity index is 2.16. The molecule has 0 saturated carbocycles. The third kappa shape index (κ3) is 8.02. The van der Waals surface area contributed by atoms with E-state index in [4.69, 9.17) is 23.2 Å². The Morgan fingerprint density at radius 1 is 1.00 bits per heavy atom. The molecule has 2 atom stereocenters. The van der Waals surface area contributed by atoms with Crippen molar-refractivity contribution in [3.05, 3.63) is 69.2 Å². The van der Waals surface area contributed by atoms with Crippen molar-refractivity contribution in [2.75, 3.05) is 5.75 Å². The lowest BCUT2D eigenvalue weighted by molar-refractivity contribution is -0.139. The summed E-state index contributed by atoms with van der Waals surface area (Å²) in [5.74, 6) is 0.836. The van der Waals surface area contributed by atoms with Crippen LogP contribution in [0, 0.1) is 6.92 Å². The molecule has 0 saturated heterocycles. The molecule has 0 aliphatic rings. The predicted octanol–water partition coefficient (Wildman–Crippen LogP) is 6.26. The van der Waals surface area contributed by atoms with Gasteiger partial charge in [-0.1, -0.05) is 72.9 Å². The second-order valence-corrected chi connectivity index (χ2v) is 9.79. The maximum Gasteiger partial charge on any atom is 0.243 e. The van der Waals surface area contributed by atoms with Crippen molar-refractivity contribution in [1.82, 2.24) is 10.2 Å². The summed E-state index contributed by atoms with van der Waals surface area (Å²) in [5, 5.41) is 3.92. The van der Waals surface area contributed by atoms with E-state index in [1.807, 2.05) is 26.8 Å². The molecule has 1 N–H and O–H groups in total. The molecule has 0 unspecified atom stereocenters. The van der Waals surface area contributed by atoms with Gasteiger partial charge in [0.15, 0.2) is 0 Å². The third-order valence-corrected chi connectivity index (χ3v) is 7.07. The average molecular weight is 496 g/mol. The molecule has 0 aliphatic heterocycles. The Bertz CT molecular complexity index is 905. The molecule has 32 heavy (non-hydrogen) atoms. The molecule has 0 aliphatic carbocycles. The number of carbonyl (C=O) groups is 2. The van der Waals surface area contributed by atoms with Crippen molar-refractivity contribution in [3.8, 4) is 0 Å². The first kappa shape index (κ1) is 26.6. The molecule has 0 spiro atoms. The summed E-state index contributed by atoms with van der Waals surface area (Å²) in [6.07, 6.45) is 1.35. The van der Waals surface area contributed by atoms with Gasteiger partial charge in [0, 0.05) is 18.3 Å². The van der Waals surface area contributed by atoms with Crippen LogP contribution in [0.3, 0.4) is 0 Å². The van der Waals surface area contributed by atoms with Crippen LogP contribution in [0.5, 0.6) is 0 Å². The first-order valence-corrected chi connectivity index (χ1v) is 12.8. The van der Waals surface area contributed by atoms with Crippen LogP contribution in [-0.4, -0.2) is 34.6 Å². The van der Waals surface area contributed by atoms with Gasteiger partial charge in [0.1, 0.15) is 6.04 Å². The van der Waals surface area contributed by atoms with Gasteiger partial charge in [-0.25, -0.2) is 0 Å². The van der Waals surface area contributed by atoms with Crippen LogP contribution < -0.4 is 5.32 Å². The van der Waals surface area contributed by atoms with Crippen LogP contribution >= 0.6 is 35.0 Å². The number of rotatable bonds is 11. The van der Waals surface area contributed by atoms with E-state index in [2.05, 4.69) is 36.5 Å². The van der Waals surface area contributed by atoms with Crippen LogP contribution in [0.4, 0.5) is 0 Å². The molecule has 4 nitrogen and oxygen atoms in total. The Labute approximate surface area is 206 Å². The van der Waals surface area contributed by atoms with Crippen LogP contribution in [0.2, 0.25) is 10.0 Å². The SMILES string of the molecule is CC[C@@H](C)NC(=O)[C@H](CC)N(Cc1ccc(Cl)c(Cl)c1)C(=O)CSCc1ccc(C)cc1. The van der Waals surface area contributed by atoms with Gasteiger partial charge in [0.2, 0.25) is 11.8 Å². The molecule has 0 radical (unpaired) electrons. The minimum Gasteiger partial charge on any atom is -0.352 e. The summed E-state index contributed by atoms with van der Waals surface area (Å²) in [5.41, 5.74) is 3.22. The monoisotopic (exact) mass is 494 g/mol. The van der Waals surface area contributed by atoms with Crippen molar-refractivity contribution in [2.45, 2.75) is 64.9 Å². The zero-order valence-corrected chi connectivity index (χ0v) is 21.5. The first-order chi connectivity index (χ1) is 15.2. The zero-order chi connectivity index (χ0) is 23.7. The second-order valence-electron chi connectivity index (χ2n) is 7.99. The molecule has 7 heteroatoms. The molecule has 0 heterocycles. The standard InChI is InChI=1S/C25H32Cl2N2O2S/c1-5-18(4)28-25(31)23(6-2)29(14-20-11-12-21(26)22(27)13-20)24(30)16-32-15-19-9-7-17(3)8-10-19/h7-13,18,23H,5-6,14-16H2,1-4H3,(H,28,31)/t18-,23+/m1/s1. The summed E-state index contributed by atoms with van der Waals surface area (Å²) in [7, 11) is 0. The van der Waals surface area contributed by atoms with Crippen molar-refractivity contribution in [3.63, 3.8) is 0 Å². The minimum atomic E-state index is -0.550. The largest absolute Gasteiger partial charge is 0.352 e. The van der Waals surface area contributed by atoms with E-state index >= 15 is 0 Å². The lowest BCUT2D eigenvalue weighted by Gasteiger charge is -2.31. The van der Waals surface area contributed by atoms with Crippen molar-refractivity contribution < 1.29 is 9.59 Å². The zero-order valence-electron chi connectivity index (χ0n) is 19.2. The Morgan fingerprint density at radius 3 is 2.25 bits per heavy atom. The molecule has 2 amide bonds. The molecular formula is C25H32Cl2N2O2S. The number of thioether (sulfide) groups is 1. The highest BCUT2D eigenvalue weighted by atomic mass is 35.5. The molecule has 2 rings (SSSR count). The van der Waals surface area contributed by atoms with Gasteiger partial charge in [-0.3, -0.25) is 9.59 Å². The summed E-state index contributed by atoms with van der Waals surface area (Å²) >= 11 is 13.8. The normalized spacial score (nSPS) is 12.8. The topological polar surface area (TPSA) is 49.4 Å². The molecular weight excluding hydrogens is 463 g/mol. The lowest BCUT2D eigenvalue weighted by atomic mass is 10.1. The number of benzene rings is 2. The molecule has 0 fully saturated rings. The third-order valence-electron chi connectivity index (χ3n) is 5.34. The number of amides is 2. The van der Waals surface area contributed by atoms with E-state index in [0.29, 0.717) is 28.8 Å². The number of halogens is 2. The summed E-state index contributed by atoms with van der Waals surface area (Å²) in [6, 6.07) is 13.1. The molecule has 2 aromatic carbocycles. The Morgan fingerprint density at radius 2 is 1.66 bits per heavy atom. The van der Waals surface area contributed by atoms with Crippen LogP contribution in [-0.2, 0) is 21.9 Å². The van der Waals surface area contributed by atoms with Crippen LogP contribution in [0.15, 0.2) is 42.5 Å². The number of nitrogens with one attached hydrogen (secondary N) is 1. The fourth-order valence-corrected chi connectivity index (χ4v) is 4.41. The minimum absolute atomic E-state index is 0.0504. The second kappa shape index (κ2) is 13.1. The summed E-state index contributed by atoms with van der Waals surface area (Å²) < 4.78 is 0. The highest BCUT2D eigenvalue weighted by Gasteiger charge is 2.29. The average Bonchev–Trinajstić information content (AvgIpc) is 2.77. The lowest BCUT2D eigenvalue weighted by Crippen LogP contribution is -2.51. The van der Waals surface area contributed by atoms with Crippen molar-refractivity contribution in [1.29, 1.82) is 0 Å². The molecule has 174 valence electrons. The van der Waals surface area contributed by atoms with Gasteiger partial charge >= 0.3 is 0 Å². The Hall–Kier alpha value is -1.69. The maximum absolute atomic E-state index is 13.3. The van der Waals surface area contributed by atoms with E-state index in [9.17, 15) is 9.59 Å². The van der Waals surface area contributed by atoms with Gasteiger partial charge in [0.25, 0.3) is 0 Å². The van der Waals surface area contributed by atoms with E-state index in [0.717, 1.165) is 17.7 Å². The van der Waals surface area contributed by atoms with E-state index < -0.39 is 6.04 Å². The fraction of sp³-hybridized carbons (Fsp3) is 0.440. The van der Waals surface area contributed by atoms with Gasteiger partial charge in [-0.15, -0.1) is 11.8 Å². The van der Waals surface area contributed by atoms with Gasteiger partial charge in [-0.05, 0) is 49.9 Å². The quantitative estimate of drug-likeness (QED) is 0.401. The Kier molecular flexibility index (Phi) is 10.9. The molecule has 0 bridgehead atoms. The number of carbonyl (C=O) groups excluding carboxylic acids is 2. The van der Waals surface area contributed by atoms with Crippen LogP contribution in [0.25, 0.3) is 0 Å². The van der Waals surface area contributed by atoms with E-state index in [1.54, 1.807) is 28.8 Å². The van der Waals surface area contributed by atoms with Crippen molar-refractivity contribution >= 4 is 46.8 Å². The van der Waals surface area contributed by atoms with Crippen molar-refractivity contribution in [2.24, 2.45) is 0 Å². The molecule has 2 aromatic rings. The predicted molar refractivity (Wildman–Crippen MR) is 136 cm³/mol. The smallest absolute Gasteiger partial charge is 0.243 e. The number of nitrogens with zero attached hydrogens (tertiary/aromatic N) is 1. The maximum atomic E-state index is 13.3. The summed E-state index contributed by atoms with van der Waals surface area (Å²) in [6.45, 7) is 8.26. The van der Waals surface area contributed by atoms with Gasteiger partial charge < -0.3 is 10.2 Å². The van der Waals surface area contributed by atoms with E-state index in [1.165, 1.54) is 11.1 Å². The highest BCUT2D eigenvalue weighted by Crippen LogP contribution is 2.24. The summed E-state index contributed by atoms with van der Waals surface area (Å²) in [4.78, 5) is 27.9. The van der Waals surface area contributed by atoms with E-state index in [-0.39, 0.29) is 17.9 Å². The number of hydrogen-bond acceptors (Lipinski definition) is 3. The number of hydrogen-bond donors (Lipinski definition) is 1. The first-order valence-electron chi connectivity index (χ1n) is 10.9. The number of aryl methyl sites for hydroxylation is 1. The van der Waals surface area contributed by atoms with Gasteiger partial charge in [-0.2, -0.15) is 0 Å². The van der Waals surface area contributed by atoms with Gasteiger partial charge in [0.05, 0.1) is 15.8 Å². The highest BCUT2D eigenvalue weighted by molar-refractivity contribution is 7.99. The van der Waals surface area contributed by atoms with Crippen LogP contribution in [0.1, 0.15) is 50.3 Å².